The van der Waals surface area contributed by atoms with Crippen LogP contribution in [0.4, 0.5) is 11.4 Å². The molecule has 0 radical (unpaired) electrons. The molecule has 2 atom stereocenters. The van der Waals surface area contributed by atoms with Crippen molar-refractivity contribution in [2.45, 2.75) is 56.9 Å². The van der Waals surface area contributed by atoms with Crippen molar-refractivity contribution in [3.8, 4) is 33.4 Å². The summed E-state index contributed by atoms with van der Waals surface area (Å²) in [5.74, 6) is 0. The Balaban J connectivity index is 1.15. The fourth-order valence-corrected chi connectivity index (χ4v) is 12.5. The summed E-state index contributed by atoms with van der Waals surface area (Å²) < 4.78 is 0. The largest absolute Gasteiger partial charge is 0.334 e. The van der Waals surface area contributed by atoms with Crippen LogP contribution >= 0.6 is 0 Å². The van der Waals surface area contributed by atoms with Gasteiger partial charge in [-0.2, -0.15) is 0 Å². The van der Waals surface area contributed by atoms with Crippen LogP contribution < -0.4 is 4.90 Å². The Morgan fingerprint density at radius 1 is 0.400 bits per heavy atom. The van der Waals surface area contributed by atoms with Crippen molar-refractivity contribution in [2.24, 2.45) is 0 Å². The quantitative estimate of drug-likeness (QED) is 0.172. The summed E-state index contributed by atoms with van der Waals surface area (Å²) in [4.78, 5) is 2.70. The second-order valence-corrected chi connectivity index (χ2v) is 18.1. The first-order valence-corrected chi connectivity index (χ1v) is 22.0. The average Bonchev–Trinajstić information content (AvgIpc) is 3.82. The minimum Gasteiger partial charge on any atom is -0.334 e. The van der Waals surface area contributed by atoms with Crippen LogP contribution in [0.1, 0.15) is 51.5 Å². The molecule has 0 amide bonds. The van der Waals surface area contributed by atoms with Crippen LogP contribution in [0.3, 0.4) is 0 Å². The summed E-state index contributed by atoms with van der Waals surface area (Å²) in [6.07, 6.45) is 6.24. The zero-order valence-corrected chi connectivity index (χ0v) is 34.2. The van der Waals surface area contributed by atoms with Gasteiger partial charge in [0.1, 0.15) is 0 Å². The van der Waals surface area contributed by atoms with Gasteiger partial charge in [0.25, 0.3) is 0 Å². The Morgan fingerprint density at radius 3 is 1.57 bits per heavy atom. The van der Waals surface area contributed by atoms with E-state index < -0.39 is 0 Å². The molecule has 1 aliphatic carbocycles. The molecule has 13 rings (SSSR count). The number of para-hydroxylation sites is 1. The molecule has 11 aromatic rings. The summed E-state index contributed by atoms with van der Waals surface area (Å²) in [5, 5.41) is 16.1. The Kier molecular flexibility index (Phi) is 7.07. The van der Waals surface area contributed by atoms with Crippen molar-refractivity contribution < 1.29 is 0 Å². The molecule has 1 heterocycles. The van der Waals surface area contributed by atoms with Crippen molar-refractivity contribution in [1.29, 1.82) is 0 Å². The van der Waals surface area contributed by atoms with E-state index >= 15 is 0 Å². The van der Waals surface area contributed by atoms with E-state index in [0.29, 0.717) is 0 Å². The lowest BCUT2D eigenvalue weighted by atomic mass is 9.66. The Morgan fingerprint density at radius 2 is 0.933 bits per heavy atom. The zero-order valence-electron chi connectivity index (χ0n) is 34.2. The molecule has 1 nitrogen and oxygen atoms in total. The fourth-order valence-electron chi connectivity index (χ4n) is 12.5. The third-order valence-electron chi connectivity index (χ3n) is 15.3. The van der Waals surface area contributed by atoms with E-state index in [4.69, 9.17) is 0 Å². The van der Waals surface area contributed by atoms with E-state index in [0.717, 1.165) is 0 Å². The van der Waals surface area contributed by atoms with Crippen LogP contribution in [-0.2, 0) is 5.41 Å². The van der Waals surface area contributed by atoms with Crippen LogP contribution in [0.5, 0.6) is 0 Å². The molecule has 1 unspecified atom stereocenters. The predicted molar refractivity (Wildman–Crippen MR) is 258 cm³/mol. The topological polar surface area (TPSA) is 3.24 Å². The standard InChI is InChI=1S/C59H45N/c1-58-34-13-6-14-35-59(58,2)60(41-24-11-5-12-25-41)49-33-30-40(36-48(49)58)42-31-32-47-53-43(42)26-17-29-46(53)56-51(38-18-7-3-8-19-38)54-44-27-15-22-37-23-16-28-45(50(37)44)55(54)52(57(47)56)39-20-9-4-10-21-39/h3-5,7-12,15-33,36H,6,13-14,34-35H2,1-2H3/t58?,59-/m0/s1. The van der Waals surface area contributed by atoms with Gasteiger partial charge in [0, 0.05) is 16.8 Å². The molecule has 60 heavy (non-hydrogen) atoms. The molecule has 0 saturated heterocycles. The summed E-state index contributed by atoms with van der Waals surface area (Å²) in [6.45, 7) is 5.12. The Labute approximate surface area is 351 Å². The first-order chi connectivity index (χ1) is 29.5. The fraction of sp³-hybridized carbons (Fsp3) is 0.153. The van der Waals surface area contributed by atoms with E-state index in [-0.39, 0.29) is 11.0 Å². The molecule has 1 fully saturated rings. The van der Waals surface area contributed by atoms with E-state index in [1.807, 2.05) is 0 Å². The molecule has 0 N–H and O–H groups in total. The number of nitrogens with zero attached hydrogens (tertiary/aromatic N) is 1. The van der Waals surface area contributed by atoms with Gasteiger partial charge >= 0.3 is 0 Å². The molecule has 1 aliphatic heterocycles. The summed E-state index contributed by atoms with van der Waals surface area (Å²) >= 11 is 0. The highest BCUT2D eigenvalue weighted by molar-refractivity contribution is 6.46. The third-order valence-corrected chi connectivity index (χ3v) is 15.3. The first kappa shape index (κ1) is 34.2. The van der Waals surface area contributed by atoms with Crippen LogP contribution in [-0.4, -0.2) is 5.54 Å². The maximum atomic E-state index is 2.70. The number of anilines is 2. The Hall–Kier alpha value is -6.70. The SMILES string of the molecule is CC12CCCCC[C@]1(C)N(c1ccccc1)c1ccc(-c3ccc4c5c(-c6ccccc6)c6c7cccc8cccc(c6c(-c6ccccc6)c5c5cccc3c54)c87)cc12. The van der Waals surface area contributed by atoms with Crippen LogP contribution in [0, 0.1) is 0 Å². The van der Waals surface area contributed by atoms with Crippen molar-refractivity contribution in [1.82, 2.24) is 0 Å². The normalized spacial score (nSPS) is 19.3. The highest BCUT2D eigenvalue weighted by Crippen LogP contribution is 2.61. The smallest absolute Gasteiger partial charge is 0.0517 e. The number of hydrogen-bond donors (Lipinski definition) is 0. The minimum atomic E-state index is 0.000487. The number of fused-ring (bicyclic) bond motifs is 9. The lowest BCUT2D eigenvalue weighted by molar-refractivity contribution is 0.261. The third kappa shape index (κ3) is 4.37. The second kappa shape index (κ2) is 12.4. The maximum Gasteiger partial charge on any atom is 0.0517 e. The van der Waals surface area contributed by atoms with Gasteiger partial charge in [-0.3, -0.25) is 0 Å². The maximum absolute atomic E-state index is 2.70. The van der Waals surface area contributed by atoms with Gasteiger partial charge in [0.05, 0.1) is 5.54 Å². The van der Waals surface area contributed by atoms with Gasteiger partial charge < -0.3 is 4.90 Å². The molecule has 0 aromatic heterocycles. The van der Waals surface area contributed by atoms with E-state index in [9.17, 15) is 0 Å². The molecule has 0 spiro atoms. The predicted octanol–water partition coefficient (Wildman–Crippen LogP) is 16.6. The summed E-state index contributed by atoms with van der Waals surface area (Å²) in [5.41, 5.74) is 12.0. The van der Waals surface area contributed by atoms with Crippen molar-refractivity contribution in [3.63, 3.8) is 0 Å². The summed E-state index contributed by atoms with van der Waals surface area (Å²) in [7, 11) is 0. The number of rotatable bonds is 4. The average molecular weight is 768 g/mol. The van der Waals surface area contributed by atoms with E-state index in [2.05, 4.69) is 195 Å². The number of hydrogen-bond acceptors (Lipinski definition) is 1. The minimum absolute atomic E-state index is 0.000487. The van der Waals surface area contributed by atoms with E-state index in [1.54, 1.807) is 0 Å². The molecular weight excluding hydrogens is 723 g/mol. The van der Waals surface area contributed by atoms with Crippen molar-refractivity contribution >= 4 is 76.0 Å². The summed E-state index contributed by atoms with van der Waals surface area (Å²) in [6, 6.07) is 66.8. The lowest BCUT2D eigenvalue weighted by Gasteiger charge is -2.46. The monoisotopic (exact) mass is 767 g/mol. The molecule has 1 heteroatoms. The van der Waals surface area contributed by atoms with Gasteiger partial charge in [0.15, 0.2) is 0 Å². The van der Waals surface area contributed by atoms with Gasteiger partial charge in [0.2, 0.25) is 0 Å². The van der Waals surface area contributed by atoms with Crippen LogP contribution in [0.2, 0.25) is 0 Å². The molecule has 2 aliphatic rings. The van der Waals surface area contributed by atoms with Gasteiger partial charge in [-0.15, -0.1) is 0 Å². The second-order valence-electron chi connectivity index (χ2n) is 18.1. The first-order valence-electron chi connectivity index (χ1n) is 22.0. The van der Waals surface area contributed by atoms with Gasteiger partial charge in [-0.1, -0.05) is 178 Å². The zero-order chi connectivity index (χ0) is 39.7. The molecule has 11 aromatic carbocycles. The molecule has 286 valence electrons. The van der Waals surface area contributed by atoms with Crippen LogP contribution in [0.25, 0.3) is 98.0 Å². The lowest BCUT2D eigenvalue weighted by Crippen LogP contribution is -2.52. The molecule has 0 bridgehead atoms. The highest BCUT2D eigenvalue weighted by Gasteiger charge is 2.56. The highest BCUT2D eigenvalue weighted by atomic mass is 15.2. The number of benzene rings is 9. The van der Waals surface area contributed by atoms with Gasteiger partial charge in [-0.25, -0.2) is 0 Å². The van der Waals surface area contributed by atoms with Crippen LogP contribution in [0.15, 0.2) is 176 Å². The van der Waals surface area contributed by atoms with Gasteiger partial charge in [-0.05, 0) is 148 Å². The molecular formula is C59H45N. The Bertz CT molecular complexity index is 3350. The van der Waals surface area contributed by atoms with E-state index in [1.165, 1.54) is 147 Å². The van der Waals surface area contributed by atoms with Crippen molar-refractivity contribution in [2.75, 3.05) is 4.90 Å². The molecule has 1 saturated carbocycles. The van der Waals surface area contributed by atoms with Crippen molar-refractivity contribution in [3.05, 3.63) is 181 Å².